The number of nitrogens with one attached hydrogen (secondary N) is 1. The van der Waals surface area contributed by atoms with Crippen LogP contribution in [0.2, 0.25) is 0 Å². The number of hydrogen-bond donors (Lipinski definition) is 1. The van der Waals surface area contributed by atoms with Gasteiger partial charge in [0, 0.05) is 18.5 Å². The summed E-state index contributed by atoms with van der Waals surface area (Å²) in [6.07, 6.45) is 0.578. The maximum Gasteiger partial charge on any atom is 0.224 e. The highest BCUT2D eigenvalue weighted by Gasteiger charge is 2.13. The second-order valence-corrected chi connectivity index (χ2v) is 5.25. The van der Waals surface area contributed by atoms with E-state index in [0.717, 1.165) is 5.56 Å². The highest BCUT2D eigenvalue weighted by atomic mass is 19.1. The second kappa shape index (κ2) is 6.56. The maximum atomic E-state index is 13.2. The zero-order valence-corrected chi connectivity index (χ0v) is 12.8. The molecule has 0 aliphatic heterocycles. The molecule has 1 heterocycles. The van der Waals surface area contributed by atoms with Crippen LogP contribution in [0.15, 0.2) is 28.7 Å². The topological polar surface area (TPSA) is 59.3 Å². The smallest absolute Gasteiger partial charge is 0.224 e. The van der Waals surface area contributed by atoms with Crippen LogP contribution in [0.25, 0.3) is 0 Å². The minimum atomic E-state index is -0.395. The lowest BCUT2D eigenvalue weighted by atomic mass is 10.1. The number of carbonyl (C=O) groups excluding carboxylic acids is 2. The molecule has 0 fully saturated rings. The van der Waals surface area contributed by atoms with E-state index in [9.17, 15) is 14.0 Å². The number of rotatable bonds is 5. The summed E-state index contributed by atoms with van der Waals surface area (Å²) >= 11 is 0. The molecule has 116 valence electrons. The molecular formula is C17H18FNO3. The molecule has 22 heavy (non-hydrogen) atoms. The Balaban J connectivity index is 1.97. The van der Waals surface area contributed by atoms with Gasteiger partial charge < -0.3 is 9.73 Å². The van der Waals surface area contributed by atoms with E-state index in [0.29, 0.717) is 29.2 Å². The Morgan fingerprint density at radius 3 is 2.59 bits per heavy atom. The van der Waals surface area contributed by atoms with Crippen LogP contribution in [-0.4, -0.2) is 11.7 Å². The number of aryl methyl sites for hydroxylation is 3. The van der Waals surface area contributed by atoms with Crippen molar-refractivity contribution in [3.8, 4) is 0 Å². The van der Waals surface area contributed by atoms with Crippen LogP contribution < -0.4 is 5.32 Å². The van der Waals surface area contributed by atoms with Crippen molar-refractivity contribution in [3.05, 3.63) is 52.7 Å². The van der Waals surface area contributed by atoms with Crippen LogP contribution in [0, 0.1) is 19.7 Å². The first-order chi connectivity index (χ1) is 10.4. The Bertz CT molecular complexity index is 719. The number of hydrogen-bond acceptors (Lipinski definition) is 3. The summed E-state index contributed by atoms with van der Waals surface area (Å²) in [4.78, 5) is 23.3. The van der Waals surface area contributed by atoms with E-state index in [4.69, 9.17) is 4.42 Å². The first kappa shape index (κ1) is 15.9. The van der Waals surface area contributed by atoms with Gasteiger partial charge in [-0.25, -0.2) is 4.39 Å². The van der Waals surface area contributed by atoms with Gasteiger partial charge in [0.05, 0.1) is 5.56 Å². The summed E-state index contributed by atoms with van der Waals surface area (Å²) in [5, 5.41) is 2.68. The van der Waals surface area contributed by atoms with E-state index in [2.05, 4.69) is 5.32 Å². The van der Waals surface area contributed by atoms with Crippen molar-refractivity contribution in [2.24, 2.45) is 0 Å². The first-order valence-electron chi connectivity index (χ1n) is 7.03. The minimum Gasteiger partial charge on any atom is -0.466 e. The molecule has 1 aromatic carbocycles. The average Bonchev–Trinajstić information content (AvgIpc) is 2.82. The SMILES string of the molecule is CC(=O)c1cc(CCC(=O)Nc2cc(F)ccc2C)oc1C. The summed E-state index contributed by atoms with van der Waals surface area (Å²) in [5.41, 5.74) is 1.80. The lowest BCUT2D eigenvalue weighted by molar-refractivity contribution is -0.116. The van der Waals surface area contributed by atoms with Crippen LogP contribution >= 0.6 is 0 Å². The average molecular weight is 303 g/mol. The maximum absolute atomic E-state index is 13.2. The molecular weight excluding hydrogens is 285 g/mol. The first-order valence-corrected chi connectivity index (χ1v) is 7.03. The third-order valence-corrected chi connectivity index (χ3v) is 3.42. The van der Waals surface area contributed by atoms with Gasteiger partial charge in [0.15, 0.2) is 5.78 Å². The largest absolute Gasteiger partial charge is 0.466 e. The Labute approximate surface area is 128 Å². The molecule has 0 radical (unpaired) electrons. The van der Waals surface area contributed by atoms with E-state index < -0.39 is 5.82 Å². The Hall–Kier alpha value is -2.43. The van der Waals surface area contributed by atoms with Crippen LogP contribution in [0.5, 0.6) is 0 Å². The summed E-state index contributed by atoms with van der Waals surface area (Å²) in [6.45, 7) is 4.99. The molecule has 0 saturated heterocycles. The molecule has 2 rings (SSSR count). The molecule has 5 heteroatoms. The van der Waals surface area contributed by atoms with Crippen LogP contribution in [0.4, 0.5) is 10.1 Å². The van der Waals surface area contributed by atoms with Gasteiger partial charge in [-0.2, -0.15) is 0 Å². The van der Waals surface area contributed by atoms with E-state index >= 15 is 0 Å². The van der Waals surface area contributed by atoms with Crippen LogP contribution in [-0.2, 0) is 11.2 Å². The number of halogens is 1. The number of amides is 1. The van der Waals surface area contributed by atoms with Crippen LogP contribution in [0.3, 0.4) is 0 Å². The summed E-state index contributed by atoms with van der Waals surface area (Å²) in [5.74, 6) is 0.464. The molecule has 0 bridgehead atoms. The lowest BCUT2D eigenvalue weighted by Gasteiger charge is -2.07. The minimum absolute atomic E-state index is 0.0627. The number of anilines is 1. The number of Topliss-reactive ketones (excluding diaryl/α,β-unsaturated/α-hetero) is 1. The molecule has 0 atom stereocenters. The zero-order valence-electron chi connectivity index (χ0n) is 12.8. The molecule has 4 nitrogen and oxygen atoms in total. The highest BCUT2D eigenvalue weighted by molar-refractivity contribution is 5.95. The van der Waals surface area contributed by atoms with Crippen molar-refractivity contribution >= 4 is 17.4 Å². The fourth-order valence-corrected chi connectivity index (χ4v) is 2.19. The van der Waals surface area contributed by atoms with Gasteiger partial charge in [0.25, 0.3) is 0 Å². The standard InChI is InChI=1S/C17H18FNO3/c1-10-4-5-13(18)8-16(10)19-17(21)7-6-14-9-15(11(2)20)12(3)22-14/h4-5,8-9H,6-7H2,1-3H3,(H,19,21). The third kappa shape index (κ3) is 3.81. The quantitative estimate of drug-likeness (QED) is 0.854. The summed E-state index contributed by atoms with van der Waals surface area (Å²) in [7, 11) is 0. The van der Waals surface area contributed by atoms with Gasteiger partial charge in [0.1, 0.15) is 17.3 Å². The number of carbonyl (C=O) groups is 2. The number of furan rings is 1. The van der Waals surface area contributed by atoms with Crippen molar-refractivity contribution in [3.63, 3.8) is 0 Å². The fourth-order valence-electron chi connectivity index (χ4n) is 2.19. The van der Waals surface area contributed by atoms with Crippen molar-refractivity contribution in [2.45, 2.75) is 33.6 Å². The van der Waals surface area contributed by atoms with Gasteiger partial charge in [-0.3, -0.25) is 9.59 Å². The molecule has 1 amide bonds. The van der Waals surface area contributed by atoms with Crippen molar-refractivity contribution < 1.29 is 18.4 Å². The van der Waals surface area contributed by atoms with E-state index in [-0.39, 0.29) is 18.1 Å². The molecule has 1 N–H and O–H groups in total. The predicted octanol–water partition coefficient (Wildman–Crippen LogP) is 3.81. The summed E-state index contributed by atoms with van der Waals surface area (Å²) < 4.78 is 18.6. The number of ketones is 1. The van der Waals surface area contributed by atoms with Gasteiger partial charge in [-0.1, -0.05) is 6.07 Å². The molecule has 0 aliphatic rings. The van der Waals surface area contributed by atoms with Gasteiger partial charge >= 0.3 is 0 Å². The second-order valence-electron chi connectivity index (χ2n) is 5.25. The van der Waals surface area contributed by atoms with Crippen LogP contribution in [0.1, 0.15) is 40.8 Å². The molecule has 1 aromatic heterocycles. The Morgan fingerprint density at radius 1 is 1.23 bits per heavy atom. The molecule has 0 saturated carbocycles. The molecule has 0 aliphatic carbocycles. The summed E-state index contributed by atoms with van der Waals surface area (Å²) in [6, 6.07) is 5.91. The number of benzene rings is 1. The Morgan fingerprint density at radius 2 is 1.95 bits per heavy atom. The predicted molar refractivity (Wildman–Crippen MR) is 81.5 cm³/mol. The highest BCUT2D eigenvalue weighted by Crippen LogP contribution is 2.18. The fraction of sp³-hybridized carbons (Fsp3) is 0.294. The third-order valence-electron chi connectivity index (χ3n) is 3.42. The molecule has 2 aromatic rings. The lowest BCUT2D eigenvalue weighted by Crippen LogP contribution is -2.13. The molecule has 0 spiro atoms. The monoisotopic (exact) mass is 303 g/mol. The van der Waals surface area contributed by atoms with Gasteiger partial charge in [-0.05, 0) is 44.5 Å². The normalized spacial score (nSPS) is 10.5. The Kier molecular flexibility index (Phi) is 4.75. The van der Waals surface area contributed by atoms with E-state index in [1.54, 1.807) is 26.0 Å². The van der Waals surface area contributed by atoms with Gasteiger partial charge in [-0.15, -0.1) is 0 Å². The van der Waals surface area contributed by atoms with E-state index in [1.807, 2.05) is 0 Å². The van der Waals surface area contributed by atoms with Crippen molar-refractivity contribution in [2.75, 3.05) is 5.32 Å². The van der Waals surface area contributed by atoms with Crippen molar-refractivity contribution in [1.29, 1.82) is 0 Å². The van der Waals surface area contributed by atoms with E-state index in [1.165, 1.54) is 19.1 Å². The zero-order chi connectivity index (χ0) is 16.3. The molecule has 0 unspecified atom stereocenters. The van der Waals surface area contributed by atoms with Gasteiger partial charge in [0.2, 0.25) is 5.91 Å². The van der Waals surface area contributed by atoms with Crippen molar-refractivity contribution in [1.82, 2.24) is 0 Å².